The molecular weight excluding hydrogens is 336 g/mol. The van der Waals surface area contributed by atoms with Crippen LogP contribution in [0.1, 0.15) is 12.0 Å². The van der Waals surface area contributed by atoms with E-state index in [-0.39, 0.29) is 17.5 Å². The maximum atomic E-state index is 13.0. The Bertz CT molecular complexity index is 711. The summed E-state index contributed by atoms with van der Waals surface area (Å²) in [7, 11) is 0. The molecule has 4 nitrogen and oxygen atoms in total. The van der Waals surface area contributed by atoms with Crippen LogP contribution in [0.4, 0.5) is 14.5 Å². The maximum absolute atomic E-state index is 13.0. The Kier molecular flexibility index (Phi) is 6.17. The van der Waals surface area contributed by atoms with E-state index in [1.54, 1.807) is 24.3 Å². The molecule has 2 aromatic rings. The summed E-state index contributed by atoms with van der Waals surface area (Å²) in [5, 5.41) is 3.22. The van der Waals surface area contributed by atoms with E-state index < -0.39 is 0 Å². The highest BCUT2D eigenvalue weighted by Gasteiger charge is 2.20. The van der Waals surface area contributed by atoms with Crippen molar-refractivity contribution in [3.63, 3.8) is 0 Å². The van der Waals surface area contributed by atoms with E-state index in [4.69, 9.17) is 0 Å². The summed E-state index contributed by atoms with van der Waals surface area (Å²) in [5.74, 6) is -0.352. The summed E-state index contributed by atoms with van der Waals surface area (Å²) in [4.78, 5) is 16.3. The first-order chi connectivity index (χ1) is 12.6. The summed E-state index contributed by atoms with van der Waals surface area (Å²) in [6, 6.07) is 12.8. The topological polar surface area (TPSA) is 35.6 Å². The first kappa shape index (κ1) is 18.3. The Hall–Kier alpha value is -2.47. The van der Waals surface area contributed by atoms with Gasteiger partial charge in [0.2, 0.25) is 5.91 Å². The summed E-state index contributed by atoms with van der Waals surface area (Å²) in [6.45, 7) is 4.06. The molecule has 0 atom stereocenters. The second kappa shape index (κ2) is 8.76. The summed E-state index contributed by atoms with van der Waals surface area (Å²) in [5.41, 5.74) is 1.98. The van der Waals surface area contributed by atoms with Crippen LogP contribution in [0, 0.1) is 11.6 Å². The Balaban J connectivity index is 1.37. The Labute approximate surface area is 152 Å². The Morgan fingerprint density at radius 2 is 1.46 bits per heavy atom. The van der Waals surface area contributed by atoms with E-state index in [2.05, 4.69) is 10.2 Å². The smallest absolute Gasteiger partial charge is 0.223 e. The minimum absolute atomic E-state index is 0.135. The number of piperazine rings is 1. The molecule has 1 amide bonds. The lowest BCUT2D eigenvalue weighted by molar-refractivity contribution is -0.131. The number of rotatable bonds is 6. The normalized spacial score (nSPS) is 14.5. The molecule has 0 bridgehead atoms. The minimum atomic E-state index is -0.247. The highest BCUT2D eigenvalue weighted by Crippen LogP contribution is 2.17. The number of hydrogen-bond donors (Lipinski definition) is 1. The van der Waals surface area contributed by atoms with Crippen LogP contribution in [0.25, 0.3) is 0 Å². The number of amides is 1. The van der Waals surface area contributed by atoms with Gasteiger partial charge in [-0.2, -0.15) is 0 Å². The van der Waals surface area contributed by atoms with Crippen molar-refractivity contribution in [3.8, 4) is 0 Å². The van der Waals surface area contributed by atoms with E-state index in [1.165, 1.54) is 24.3 Å². The average molecular weight is 359 g/mol. The van der Waals surface area contributed by atoms with Gasteiger partial charge in [0.15, 0.2) is 0 Å². The largest absolute Gasteiger partial charge is 0.368 e. The fourth-order valence-corrected chi connectivity index (χ4v) is 3.05. The highest BCUT2D eigenvalue weighted by molar-refractivity contribution is 5.76. The quantitative estimate of drug-likeness (QED) is 0.806. The molecule has 1 saturated heterocycles. The molecule has 1 aliphatic rings. The zero-order valence-corrected chi connectivity index (χ0v) is 14.6. The van der Waals surface area contributed by atoms with Gasteiger partial charge >= 0.3 is 0 Å². The number of nitrogens with zero attached hydrogens (tertiary/aromatic N) is 2. The van der Waals surface area contributed by atoms with Gasteiger partial charge in [-0.05, 0) is 42.0 Å². The van der Waals surface area contributed by atoms with E-state index in [0.717, 1.165) is 24.3 Å². The monoisotopic (exact) mass is 359 g/mol. The van der Waals surface area contributed by atoms with Crippen LogP contribution in [-0.2, 0) is 11.3 Å². The van der Waals surface area contributed by atoms with Gasteiger partial charge < -0.3 is 15.1 Å². The number of carbonyl (C=O) groups is 1. The highest BCUT2D eigenvalue weighted by atomic mass is 19.1. The zero-order chi connectivity index (χ0) is 18.4. The van der Waals surface area contributed by atoms with Gasteiger partial charge in [0.25, 0.3) is 0 Å². The first-order valence-electron chi connectivity index (χ1n) is 8.85. The third-order valence-electron chi connectivity index (χ3n) is 4.58. The third kappa shape index (κ3) is 5.02. The second-order valence-electron chi connectivity index (χ2n) is 6.40. The summed E-state index contributed by atoms with van der Waals surface area (Å²) >= 11 is 0. The van der Waals surface area contributed by atoms with E-state index in [9.17, 15) is 13.6 Å². The van der Waals surface area contributed by atoms with Crippen molar-refractivity contribution >= 4 is 11.6 Å². The van der Waals surface area contributed by atoms with E-state index >= 15 is 0 Å². The predicted octanol–water partition coefficient (Wildman–Crippen LogP) is 2.79. The van der Waals surface area contributed by atoms with Crippen molar-refractivity contribution < 1.29 is 13.6 Å². The van der Waals surface area contributed by atoms with Crippen molar-refractivity contribution in [1.29, 1.82) is 0 Å². The van der Waals surface area contributed by atoms with Gasteiger partial charge in [-0.1, -0.05) is 12.1 Å². The molecule has 2 aromatic carbocycles. The molecule has 0 aliphatic carbocycles. The average Bonchev–Trinajstić information content (AvgIpc) is 2.67. The van der Waals surface area contributed by atoms with Gasteiger partial charge in [-0.15, -0.1) is 0 Å². The zero-order valence-electron chi connectivity index (χ0n) is 14.6. The maximum Gasteiger partial charge on any atom is 0.223 e. The van der Waals surface area contributed by atoms with Crippen molar-refractivity contribution in [3.05, 3.63) is 65.7 Å². The molecule has 0 radical (unpaired) electrons. The minimum Gasteiger partial charge on any atom is -0.368 e. The molecule has 138 valence electrons. The molecule has 3 rings (SSSR count). The fraction of sp³-hybridized carbons (Fsp3) is 0.350. The molecular formula is C20H23F2N3O. The van der Waals surface area contributed by atoms with Crippen molar-refractivity contribution in [1.82, 2.24) is 10.2 Å². The summed E-state index contributed by atoms with van der Waals surface area (Å²) in [6.07, 6.45) is 0.442. The SMILES string of the molecule is O=C(CCNCc1ccc(F)cc1)N1CCN(c2ccc(F)cc2)CC1. The predicted molar refractivity (Wildman–Crippen MR) is 97.9 cm³/mol. The van der Waals surface area contributed by atoms with Gasteiger partial charge in [-0.3, -0.25) is 4.79 Å². The van der Waals surface area contributed by atoms with Crippen LogP contribution >= 0.6 is 0 Å². The Morgan fingerprint density at radius 1 is 0.885 bits per heavy atom. The lowest BCUT2D eigenvalue weighted by Gasteiger charge is -2.36. The number of hydrogen-bond acceptors (Lipinski definition) is 3. The lowest BCUT2D eigenvalue weighted by Crippen LogP contribution is -2.49. The van der Waals surface area contributed by atoms with Crippen LogP contribution in [-0.4, -0.2) is 43.5 Å². The molecule has 0 spiro atoms. The molecule has 0 aromatic heterocycles. The lowest BCUT2D eigenvalue weighted by atomic mass is 10.2. The molecule has 6 heteroatoms. The molecule has 0 unspecified atom stereocenters. The number of halogens is 2. The van der Waals surface area contributed by atoms with Crippen LogP contribution in [0.5, 0.6) is 0 Å². The van der Waals surface area contributed by atoms with Crippen molar-refractivity contribution in [2.45, 2.75) is 13.0 Å². The van der Waals surface area contributed by atoms with E-state index in [1.807, 2.05) is 4.90 Å². The van der Waals surface area contributed by atoms with Gasteiger partial charge in [0, 0.05) is 51.4 Å². The molecule has 1 aliphatic heterocycles. The fourth-order valence-electron chi connectivity index (χ4n) is 3.05. The van der Waals surface area contributed by atoms with Crippen LogP contribution in [0.3, 0.4) is 0 Å². The molecule has 1 N–H and O–H groups in total. The second-order valence-corrected chi connectivity index (χ2v) is 6.40. The third-order valence-corrected chi connectivity index (χ3v) is 4.58. The van der Waals surface area contributed by atoms with E-state index in [0.29, 0.717) is 32.6 Å². The molecule has 1 heterocycles. The molecule has 0 saturated carbocycles. The molecule has 1 fully saturated rings. The van der Waals surface area contributed by atoms with Crippen LogP contribution < -0.4 is 10.2 Å². The number of carbonyl (C=O) groups excluding carboxylic acids is 1. The summed E-state index contributed by atoms with van der Waals surface area (Å²) < 4.78 is 25.9. The molecule has 26 heavy (non-hydrogen) atoms. The van der Waals surface area contributed by atoms with Gasteiger partial charge in [-0.25, -0.2) is 8.78 Å². The van der Waals surface area contributed by atoms with Crippen molar-refractivity contribution in [2.75, 3.05) is 37.6 Å². The van der Waals surface area contributed by atoms with Crippen LogP contribution in [0.15, 0.2) is 48.5 Å². The first-order valence-corrected chi connectivity index (χ1v) is 8.85. The number of benzene rings is 2. The van der Waals surface area contributed by atoms with Crippen LogP contribution in [0.2, 0.25) is 0 Å². The van der Waals surface area contributed by atoms with Gasteiger partial charge in [0.05, 0.1) is 0 Å². The standard InChI is InChI=1S/C20H23F2N3O/c21-17-3-1-16(2-4-17)15-23-10-9-20(26)25-13-11-24(12-14-25)19-7-5-18(22)6-8-19/h1-8,23H,9-15H2. The van der Waals surface area contributed by atoms with Gasteiger partial charge in [0.1, 0.15) is 11.6 Å². The number of nitrogens with one attached hydrogen (secondary N) is 1. The van der Waals surface area contributed by atoms with Crippen molar-refractivity contribution in [2.24, 2.45) is 0 Å². The number of anilines is 1. The Morgan fingerprint density at radius 3 is 2.08 bits per heavy atom.